The summed E-state index contributed by atoms with van der Waals surface area (Å²) < 4.78 is 15.0. The minimum atomic E-state index is -0.794. The highest BCUT2D eigenvalue weighted by molar-refractivity contribution is 6.43. The van der Waals surface area contributed by atoms with Crippen molar-refractivity contribution in [3.05, 3.63) is 64.4 Å². The van der Waals surface area contributed by atoms with Crippen LogP contribution in [-0.4, -0.2) is 33.3 Å². The maximum atomic E-state index is 13.5. The minimum absolute atomic E-state index is 0.00540. The molecule has 2 amide bonds. The smallest absolute Gasteiger partial charge is 0.294 e. The number of carbonyl (C=O) groups is 3. The summed E-state index contributed by atoms with van der Waals surface area (Å²) in [7, 11) is 1.61. The van der Waals surface area contributed by atoms with Gasteiger partial charge in [-0.2, -0.15) is 0 Å². The topological polar surface area (TPSA) is 100 Å². The van der Waals surface area contributed by atoms with Crippen LogP contribution in [0.15, 0.2) is 30.5 Å². The zero-order valence-corrected chi connectivity index (χ0v) is 19.3. The normalized spacial score (nSPS) is 12.7. The molecule has 3 N–H and O–H groups in total. The highest BCUT2D eigenvalue weighted by Crippen LogP contribution is 2.24. The average molecular weight is 444 g/mol. The van der Waals surface area contributed by atoms with E-state index in [9.17, 15) is 23.9 Å². The first-order valence-corrected chi connectivity index (χ1v) is 10.3. The molecule has 0 radical (unpaired) electrons. The summed E-state index contributed by atoms with van der Waals surface area (Å²) in [4.78, 5) is 38.4. The van der Waals surface area contributed by atoms with E-state index in [2.05, 4.69) is 17.2 Å². The summed E-state index contributed by atoms with van der Waals surface area (Å²) in [5, 5.41) is 14.7. The predicted octanol–water partition coefficient (Wildman–Crippen LogP) is 4.13. The minimum Gasteiger partial charge on any atom is -0.513 e. The molecule has 2 aromatic rings. The van der Waals surface area contributed by atoms with Crippen molar-refractivity contribution in [2.75, 3.05) is 5.32 Å². The van der Waals surface area contributed by atoms with Crippen molar-refractivity contribution in [2.45, 2.75) is 47.1 Å². The number of amides is 2. The van der Waals surface area contributed by atoms with Crippen molar-refractivity contribution >= 4 is 23.3 Å². The van der Waals surface area contributed by atoms with E-state index in [1.54, 1.807) is 34.7 Å². The Kier molecular flexibility index (Phi) is 7.61. The van der Waals surface area contributed by atoms with Crippen LogP contribution in [0.4, 0.5) is 10.1 Å². The number of aryl methyl sites for hydroxylation is 1. The number of nitrogens with one attached hydrogen (secondary N) is 2. The Labute approximate surface area is 187 Å². The molecule has 0 aliphatic rings. The van der Waals surface area contributed by atoms with Crippen LogP contribution in [0.25, 0.3) is 0 Å². The number of aromatic nitrogens is 1. The number of aliphatic hydroxyl groups excluding tert-OH is 1. The Bertz CT molecular complexity index is 1090. The molecule has 1 unspecified atom stereocenters. The number of hydrogen-bond acceptors (Lipinski definition) is 4. The van der Waals surface area contributed by atoms with E-state index in [-0.39, 0.29) is 34.8 Å². The molecule has 2 rings (SSSR count). The highest BCUT2D eigenvalue weighted by Gasteiger charge is 2.29. The molecule has 1 aromatic carbocycles. The van der Waals surface area contributed by atoms with Crippen molar-refractivity contribution < 1.29 is 23.9 Å². The third kappa shape index (κ3) is 5.25. The number of ketones is 1. The quantitative estimate of drug-likeness (QED) is 0.324. The van der Waals surface area contributed by atoms with Crippen LogP contribution in [0.2, 0.25) is 0 Å². The standard InChI is InChI=1S/C24H30FN3O4/c1-12(10-14(3)29)16(5)26-24(32)22(30)21-15(4)20(17(6)28(21)7)23(31)27-18-8-9-19(25)13(2)11-18/h8-9,11-12,16,29H,3,10H2,1-2,4-7H3,(H,26,32)(H,27,31)/t12?,16-/m0/s1. The van der Waals surface area contributed by atoms with Gasteiger partial charge in [0.15, 0.2) is 0 Å². The monoisotopic (exact) mass is 443 g/mol. The molecule has 0 fully saturated rings. The lowest BCUT2D eigenvalue weighted by Crippen LogP contribution is -2.41. The Morgan fingerprint density at radius 3 is 2.38 bits per heavy atom. The Hall–Kier alpha value is -3.42. The van der Waals surface area contributed by atoms with Crippen LogP contribution in [0.1, 0.15) is 57.9 Å². The number of benzene rings is 1. The fraction of sp³-hybridized carbons (Fsp3) is 0.375. The molecular formula is C24H30FN3O4. The number of halogens is 1. The Morgan fingerprint density at radius 2 is 1.81 bits per heavy atom. The van der Waals surface area contributed by atoms with Gasteiger partial charge in [0.1, 0.15) is 5.82 Å². The fourth-order valence-electron chi connectivity index (χ4n) is 3.62. The SMILES string of the molecule is C=C(O)CC(C)[C@H](C)NC(=O)C(=O)c1c(C)c(C(=O)Nc2ccc(F)c(C)c2)c(C)n1C. The predicted molar refractivity (Wildman–Crippen MR) is 121 cm³/mol. The van der Waals surface area contributed by atoms with Crippen molar-refractivity contribution in [1.29, 1.82) is 0 Å². The summed E-state index contributed by atoms with van der Waals surface area (Å²) in [6.45, 7) is 11.9. The molecule has 7 nitrogen and oxygen atoms in total. The van der Waals surface area contributed by atoms with Gasteiger partial charge in [-0.15, -0.1) is 0 Å². The molecule has 0 saturated carbocycles. The van der Waals surface area contributed by atoms with Gasteiger partial charge < -0.3 is 20.3 Å². The third-order valence-electron chi connectivity index (χ3n) is 5.76. The molecule has 0 aliphatic heterocycles. The largest absolute Gasteiger partial charge is 0.513 e. The van der Waals surface area contributed by atoms with E-state index in [4.69, 9.17) is 0 Å². The lowest BCUT2D eigenvalue weighted by Gasteiger charge is -2.20. The first kappa shape index (κ1) is 24.8. The third-order valence-corrected chi connectivity index (χ3v) is 5.76. The van der Waals surface area contributed by atoms with Crippen LogP contribution in [0, 0.1) is 32.5 Å². The molecule has 0 aliphatic carbocycles. The van der Waals surface area contributed by atoms with Gasteiger partial charge in [0.2, 0.25) is 0 Å². The zero-order chi connectivity index (χ0) is 24.3. The number of Topliss-reactive ketones (excluding diaryl/α,β-unsaturated/α-hetero) is 1. The van der Waals surface area contributed by atoms with Gasteiger partial charge in [0.25, 0.3) is 17.6 Å². The molecule has 172 valence electrons. The molecule has 32 heavy (non-hydrogen) atoms. The average Bonchev–Trinajstić information content (AvgIpc) is 2.92. The van der Waals surface area contributed by atoms with E-state index in [0.717, 1.165) is 0 Å². The second-order valence-electron chi connectivity index (χ2n) is 8.25. The molecule has 0 bridgehead atoms. The molecule has 1 aromatic heterocycles. The number of carbonyl (C=O) groups excluding carboxylic acids is 3. The summed E-state index contributed by atoms with van der Waals surface area (Å²) in [5.74, 6) is -2.50. The summed E-state index contributed by atoms with van der Waals surface area (Å²) >= 11 is 0. The Balaban J connectivity index is 2.27. The number of nitrogens with zero attached hydrogens (tertiary/aromatic N) is 1. The molecule has 8 heteroatoms. The van der Waals surface area contributed by atoms with Gasteiger partial charge in [0, 0.05) is 30.9 Å². The van der Waals surface area contributed by atoms with Gasteiger partial charge in [0.05, 0.1) is 17.0 Å². The first-order valence-electron chi connectivity index (χ1n) is 10.3. The van der Waals surface area contributed by atoms with Gasteiger partial charge in [-0.05, 0) is 62.9 Å². The van der Waals surface area contributed by atoms with Gasteiger partial charge >= 0.3 is 0 Å². The summed E-state index contributed by atoms with van der Waals surface area (Å²) in [5.41, 5.74) is 2.12. The van der Waals surface area contributed by atoms with Gasteiger partial charge in [-0.1, -0.05) is 13.5 Å². The summed E-state index contributed by atoms with van der Waals surface area (Å²) in [6, 6.07) is 3.87. The van der Waals surface area contributed by atoms with Crippen LogP contribution in [-0.2, 0) is 11.8 Å². The first-order chi connectivity index (χ1) is 14.8. The summed E-state index contributed by atoms with van der Waals surface area (Å²) in [6.07, 6.45) is 0.297. The van der Waals surface area contributed by atoms with Crippen molar-refractivity contribution in [1.82, 2.24) is 9.88 Å². The van der Waals surface area contributed by atoms with Crippen LogP contribution in [0.5, 0.6) is 0 Å². The van der Waals surface area contributed by atoms with E-state index >= 15 is 0 Å². The van der Waals surface area contributed by atoms with E-state index in [1.807, 2.05) is 6.92 Å². The number of hydrogen-bond donors (Lipinski definition) is 3. The number of allylic oxidation sites excluding steroid dienone is 1. The molecule has 1 heterocycles. The number of rotatable bonds is 8. The van der Waals surface area contributed by atoms with Crippen molar-refractivity contribution in [3.8, 4) is 0 Å². The highest BCUT2D eigenvalue weighted by atomic mass is 19.1. The van der Waals surface area contributed by atoms with Crippen LogP contribution >= 0.6 is 0 Å². The van der Waals surface area contributed by atoms with Gasteiger partial charge in [-0.3, -0.25) is 14.4 Å². The maximum absolute atomic E-state index is 13.5. The van der Waals surface area contributed by atoms with Gasteiger partial charge in [-0.25, -0.2) is 4.39 Å². The van der Waals surface area contributed by atoms with E-state index in [0.29, 0.717) is 28.9 Å². The lowest BCUT2D eigenvalue weighted by atomic mass is 9.98. The Morgan fingerprint density at radius 1 is 1.19 bits per heavy atom. The second kappa shape index (κ2) is 9.80. The molecule has 2 atom stereocenters. The molecule has 0 saturated heterocycles. The van der Waals surface area contributed by atoms with Crippen LogP contribution in [0.3, 0.4) is 0 Å². The van der Waals surface area contributed by atoms with Crippen molar-refractivity contribution in [3.63, 3.8) is 0 Å². The molecule has 0 spiro atoms. The second-order valence-corrected chi connectivity index (χ2v) is 8.25. The maximum Gasteiger partial charge on any atom is 0.294 e. The molecular weight excluding hydrogens is 413 g/mol. The van der Waals surface area contributed by atoms with E-state index in [1.165, 1.54) is 22.8 Å². The van der Waals surface area contributed by atoms with E-state index < -0.39 is 17.6 Å². The lowest BCUT2D eigenvalue weighted by molar-refractivity contribution is -0.117. The number of aliphatic hydroxyl groups is 1. The van der Waals surface area contributed by atoms with Crippen LogP contribution < -0.4 is 10.6 Å². The van der Waals surface area contributed by atoms with Crippen molar-refractivity contribution in [2.24, 2.45) is 13.0 Å². The fourth-order valence-corrected chi connectivity index (χ4v) is 3.62. The zero-order valence-electron chi connectivity index (χ0n) is 19.3. The number of anilines is 1.